The molecule has 0 spiro atoms. The van der Waals surface area contributed by atoms with Crippen molar-refractivity contribution < 1.29 is 14.3 Å². The number of ether oxygens (including phenoxy) is 1. The molecule has 5 nitrogen and oxygen atoms in total. The Balaban J connectivity index is 1.32. The first kappa shape index (κ1) is 16.1. The zero-order chi connectivity index (χ0) is 16.7. The van der Waals surface area contributed by atoms with Crippen LogP contribution in [0.15, 0.2) is 28.7 Å². The van der Waals surface area contributed by atoms with E-state index in [1.807, 2.05) is 21.9 Å². The Kier molecular flexibility index (Phi) is 4.35. The van der Waals surface area contributed by atoms with Crippen LogP contribution in [0.2, 0.25) is 0 Å². The minimum absolute atomic E-state index is 0.111. The SMILES string of the molecule is O=C1CO[C@H]2CCN(C(=O)N3CC(c4ccc(Br)cc4)C3)C[C@H]2C1. The number of carbonyl (C=O) groups excluding carboxylic acids is 2. The lowest BCUT2D eigenvalue weighted by Crippen LogP contribution is -2.58. The quantitative estimate of drug-likeness (QED) is 0.737. The lowest BCUT2D eigenvalue weighted by atomic mass is 9.87. The molecular formula is C18H21BrN2O3. The highest BCUT2D eigenvalue weighted by Crippen LogP contribution is 2.31. The molecule has 24 heavy (non-hydrogen) atoms. The molecule has 1 aromatic rings. The lowest BCUT2D eigenvalue weighted by Gasteiger charge is -2.46. The average Bonchev–Trinajstić information content (AvgIpc) is 2.54. The third-order valence-corrected chi connectivity index (χ3v) is 5.91. The maximum atomic E-state index is 12.7. The molecule has 3 aliphatic rings. The number of carbonyl (C=O) groups is 2. The number of amides is 2. The highest BCUT2D eigenvalue weighted by Gasteiger charge is 2.40. The first-order chi connectivity index (χ1) is 11.6. The van der Waals surface area contributed by atoms with Crippen LogP contribution in [0.1, 0.15) is 24.3 Å². The predicted molar refractivity (Wildman–Crippen MR) is 92.9 cm³/mol. The smallest absolute Gasteiger partial charge is 0.320 e. The molecule has 0 bridgehead atoms. The number of halogens is 1. The van der Waals surface area contributed by atoms with E-state index in [-0.39, 0.29) is 30.4 Å². The van der Waals surface area contributed by atoms with Gasteiger partial charge in [-0.05, 0) is 24.1 Å². The number of likely N-dealkylation sites (tertiary alicyclic amines) is 2. The van der Waals surface area contributed by atoms with Crippen molar-refractivity contribution in [2.24, 2.45) is 5.92 Å². The van der Waals surface area contributed by atoms with Crippen LogP contribution in [0.5, 0.6) is 0 Å². The van der Waals surface area contributed by atoms with Gasteiger partial charge in [-0.1, -0.05) is 28.1 Å². The predicted octanol–water partition coefficient (Wildman–Crippen LogP) is 2.65. The van der Waals surface area contributed by atoms with E-state index in [1.54, 1.807) is 0 Å². The molecule has 2 atom stereocenters. The van der Waals surface area contributed by atoms with Gasteiger partial charge in [-0.15, -0.1) is 0 Å². The molecule has 3 heterocycles. The van der Waals surface area contributed by atoms with Crippen molar-refractivity contribution in [2.45, 2.75) is 24.9 Å². The molecule has 0 aromatic heterocycles. The Hall–Kier alpha value is -1.40. The molecule has 3 saturated heterocycles. The van der Waals surface area contributed by atoms with Crippen LogP contribution in [0.4, 0.5) is 4.79 Å². The van der Waals surface area contributed by atoms with Gasteiger partial charge in [0.25, 0.3) is 0 Å². The summed E-state index contributed by atoms with van der Waals surface area (Å²) >= 11 is 3.45. The van der Waals surface area contributed by atoms with Crippen LogP contribution in [-0.2, 0) is 9.53 Å². The first-order valence-corrected chi connectivity index (χ1v) is 9.32. The summed E-state index contributed by atoms with van der Waals surface area (Å²) in [6, 6.07) is 8.44. The second kappa shape index (κ2) is 6.48. The first-order valence-electron chi connectivity index (χ1n) is 8.53. The van der Waals surface area contributed by atoms with Crippen molar-refractivity contribution >= 4 is 27.7 Å². The summed E-state index contributed by atoms with van der Waals surface area (Å²) < 4.78 is 6.68. The second-order valence-electron chi connectivity index (χ2n) is 7.02. The number of ketones is 1. The number of Topliss-reactive ketones (excluding diaryl/α,β-unsaturated/α-hetero) is 1. The number of hydrogen-bond acceptors (Lipinski definition) is 3. The molecule has 3 fully saturated rings. The number of urea groups is 1. The summed E-state index contributed by atoms with van der Waals surface area (Å²) in [5.41, 5.74) is 1.28. The van der Waals surface area contributed by atoms with E-state index in [0.717, 1.165) is 30.5 Å². The van der Waals surface area contributed by atoms with E-state index in [9.17, 15) is 9.59 Å². The van der Waals surface area contributed by atoms with Crippen molar-refractivity contribution in [3.63, 3.8) is 0 Å². The molecule has 3 aliphatic heterocycles. The zero-order valence-electron chi connectivity index (χ0n) is 13.5. The second-order valence-corrected chi connectivity index (χ2v) is 7.94. The molecule has 2 amide bonds. The molecule has 0 aliphatic carbocycles. The van der Waals surface area contributed by atoms with Gasteiger partial charge in [-0.3, -0.25) is 4.79 Å². The molecule has 6 heteroatoms. The van der Waals surface area contributed by atoms with Crippen LogP contribution in [-0.4, -0.2) is 60.5 Å². The monoisotopic (exact) mass is 392 g/mol. The van der Waals surface area contributed by atoms with E-state index < -0.39 is 0 Å². The Morgan fingerprint density at radius 1 is 1.12 bits per heavy atom. The van der Waals surface area contributed by atoms with Gasteiger partial charge in [0.2, 0.25) is 0 Å². The molecule has 4 rings (SSSR count). The van der Waals surface area contributed by atoms with Crippen LogP contribution >= 0.6 is 15.9 Å². The topological polar surface area (TPSA) is 49.9 Å². The van der Waals surface area contributed by atoms with Crippen molar-refractivity contribution in [1.82, 2.24) is 9.80 Å². The third kappa shape index (κ3) is 3.09. The van der Waals surface area contributed by atoms with Gasteiger partial charge in [0.15, 0.2) is 5.78 Å². The molecule has 1 aromatic carbocycles. The Labute approximate surface area is 150 Å². The van der Waals surface area contributed by atoms with E-state index in [0.29, 0.717) is 18.9 Å². The van der Waals surface area contributed by atoms with Crippen LogP contribution in [0, 0.1) is 5.92 Å². The van der Waals surface area contributed by atoms with Gasteiger partial charge in [0, 0.05) is 48.9 Å². The van der Waals surface area contributed by atoms with Crippen molar-refractivity contribution in [3.8, 4) is 0 Å². The molecule has 0 N–H and O–H groups in total. The summed E-state index contributed by atoms with van der Waals surface area (Å²) in [6.45, 7) is 3.18. The van der Waals surface area contributed by atoms with Crippen molar-refractivity contribution in [2.75, 3.05) is 32.8 Å². The van der Waals surface area contributed by atoms with Crippen LogP contribution < -0.4 is 0 Å². The van der Waals surface area contributed by atoms with Crippen molar-refractivity contribution in [1.29, 1.82) is 0 Å². The standard InChI is InChI=1S/C18H21BrN2O3/c19-15-3-1-12(2-4-15)14-9-21(10-14)18(23)20-6-5-17-13(8-20)7-16(22)11-24-17/h1-4,13-14,17H,5-11H2/t13-,17+/m1/s1. The Morgan fingerprint density at radius 2 is 1.88 bits per heavy atom. The third-order valence-electron chi connectivity index (χ3n) is 5.38. The fourth-order valence-corrected chi connectivity index (χ4v) is 4.20. The van der Waals surface area contributed by atoms with Gasteiger partial charge in [-0.2, -0.15) is 0 Å². The van der Waals surface area contributed by atoms with Crippen LogP contribution in [0.25, 0.3) is 0 Å². The largest absolute Gasteiger partial charge is 0.370 e. The number of fused-ring (bicyclic) bond motifs is 1. The number of piperidine rings is 1. The number of benzene rings is 1. The number of nitrogens with zero attached hydrogens (tertiary/aromatic N) is 2. The fraction of sp³-hybridized carbons (Fsp3) is 0.556. The van der Waals surface area contributed by atoms with Crippen molar-refractivity contribution in [3.05, 3.63) is 34.3 Å². The normalized spacial score (nSPS) is 27.6. The van der Waals surface area contributed by atoms with Gasteiger partial charge < -0.3 is 14.5 Å². The molecule has 0 radical (unpaired) electrons. The van der Waals surface area contributed by atoms with E-state index >= 15 is 0 Å². The Morgan fingerprint density at radius 3 is 2.62 bits per heavy atom. The van der Waals surface area contributed by atoms with Crippen LogP contribution in [0.3, 0.4) is 0 Å². The maximum Gasteiger partial charge on any atom is 0.320 e. The molecule has 128 valence electrons. The minimum atomic E-state index is 0.111. The minimum Gasteiger partial charge on any atom is -0.370 e. The molecule has 0 saturated carbocycles. The van der Waals surface area contributed by atoms with E-state index in [2.05, 4.69) is 28.1 Å². The van der Waals surface area contributed by atoms with E-state index in [1.165, 1.54) is 5.56 Å². The summed E-state index contributed by atoms with van der Waals surface area (Å²) in [5, 5.41) is 0. The maximum absolute atomic E-state index is 12.7. The molecule has 0 unspecified atom stereocenters. The van der Waals surface area contributed by atoms with Gasteiger partial charge in [-0.25, -0.2) is 4.79 Å². The molecular weight excluding hydrogens is 372 g/mol. The number of rotatable bonds is 1. The van der Waals surface area contributed by atoms with Gasteiger partial charge in [0.05, 0.1) is 6.10 Å². The van der Waals surface area contributed by atoms with Gasteiger partial charge in [0.1, 0.15) is 6.61 Å². The Bertz CT molecular complexity index is 642. The summed E-state index contributed by atoms with van der Waals surface area (Å²) in [5.74, 6) is 0.761. The lowest BCUT2D eigenvalue weighted by molar-refractivity contribution is -0.140. The highest BCUT2D eigenvalue weighted by molar-refractivity contribution is 9.10. The summed E-state index contributed by atoms with van der Waals surface area (Å²) in [4.78, 5) is 28.1. The van der Waals surface area contributed by atoms with Gasteiger partial charge >= 0.3 is 6.03 Å². The number of hydrogen-bond donors (Lipinski definition) is 0. The summed E-state index contributed by atoms with van der Waals surface area (Å²) in [7, 11) is 0. The average molecular weight is 393 g/mol. The summed E-state index contributed by atoms with van der Waals surface area (Å²) in [6.07, 6.45) is 1.54. The highest BCUT2D eigenvalue weighted by atomic mass is 79.9. The zero-order valence-corrected chi connectivity index (χ0v) is 15.1. The van der Waals surface area contributed by atoms with E-state index in [4.69, 9.17) is 4.74 Å². The fourth-order valence-electron chi connectivity index (χ4n) is 3.93.